The molecule has 0 fully saturated rings. The van der Waals surface area contributed by atoms with Crippen molar-refractivity contribution < 1.29 is 22.0 Å². The van der Waals surface area contributed by atoms with E-state index in [1.165, 1.54) is 30.5 Å². The summed E-state index contributed by atoms with van der Waals surface area (Å²) < 4.78 is 48.7. The summed E-state index contributed by atoms with van der Waals surface area (Å²) in [4.78, 5) is 0. The van der Waals surface area contributed by atoms with E-state index in [1.807, 2.05) is 0 Å². The van der Waals surface area contributed by atoms with Gasteiger partial charge in [-0.2, -0.15) is 0 Å². The number of ether oxygens (including phenoxy) is 1. The minimum absolute atomic E-state index is 0.0148. The van der Waals surface area contributed by atoms with E-state index < -0.39 is 10.0 Å². The molecule has 2 aromatic rings. The lowest BCUT2D eigenvalue weighted by molar-refractivity contribution is 0.339. The van der Waals surface area contributed by atoms with Crippen LogP contribution in [0.25, 0.3) is 0 Å². The number of sulfonamides is 1. The molecule has 0 saturated carbocycles. The number of halogens is 1. The average Bonchev–Trinajstić information content (AvgIpc) is 2.92. The number of benzene rings is 1. The first-order chi connectivity index (χ1) is 9.55. The van der Waals surface area contributed by atoms with Crippen LogP contribution in [0.3, 0.4) is 0 Å². The predicted octanol–water partition coefficient (Wildman–Crippen LogP) is 1.92. The molecule has 7 heteroatoms. The van der Waals surface area contributed by atoms with Gasteiger partial charge in [0.15, 0.2) is 0 Å². The van der Waals surface area contributed by atoms with E-state index in [4.69, 9.17) is 9.15 Å². The van der Waals surface area contributed by atoms with Crippen molar-refractivity contribution in [3.63, 3.8) is 0 Å². The van der Waals surface area contributed by atoms with Gasteiger partial charge in [-0.05, 0) is 36.4 Å². The lowest BCUT2D eigenvalue weighted by atomic mass is 10.3. The third-order valence-corrected chi connectivity index (χ3v) is 3.77. The Hall–Kier alpha value is -1.86. The maximum atomic E-state index is 12.7. The van der Waals surface area contributed by atoms with Gasteiger partial charge in [-0.15, -0.1) is 0 Å². The Kier molecular flexibility index (Phi) is 4.75. The number of hydrogen-bond donors (Lipinski definition) is 1. The number of furan rings is 1. The van der Waals surface area contributed by atoms with Crippen molar-refractivity contribution in [1.82, 2.24) is 4.72 Å². The third-order valence-electron chi connectivity index (χ3n) is 2.48. The van der Waals surface area contributed by atoms with E-state index in [0.29, 0.717) is 11.5 Å². The molecule has 1 aromatic heterocycles. The van der Waals surface area contributed by atoms with Crippen LogP contribution >= 0.6 is 0 Å². The number of hydrogen-bond acceptors (Lipinski definition) is 4. The van der Waals surface area contributed by atoms with Gasteiger partial charge in [0.2, 0.25) is 10.0 Å². The largest absolute Gasteiger partial charge is 0.492 e. The van der Waals surface area contributed by atoms with Crippen LogP contribution in [0.5, 0.6) is 5.75 Å². The van der Waals surface area contributed by atoms with Crippen molar-refractivity contribution in [1.29, 1.82) is 0 Å². The zero-order valence-electron chi connectivity index (χ0n) is 10.6. The second-order valence-electron chi connectivity index (χ2n) is 4.02. The molecular formula is C13H14FNO4S. The van der Waals surface area contributed by atoms with E-state index in [1.54, 1.807) is 12.1 Å². The van der Waals surface area contributed by atoms with E-state index in [2.05, 4.69) is 4.72 Å². The van der Waals surface area contributed by atoms with Crippen molar-refractivity contribution in [3.8, 4) is 5.75 Å². The Morgan fingerprint density at radius 1 is 1.20 bits per heavy atom. The van der Waals surface area contributed by atoms with Gasteiger partial charge >= 0.3 is 0 Å². The van der Waals surface area contributed by atoms with Crippen LogP contribution in [0.2, 0.25) is 0 Å². The fraction of sp³-hybridized carbons (Fsp3) is 0.231. The quantitative estimate of drug-likeness (QED) is 0.848. The molecule has 0 amide bonds. The van der Waals surface area contributed by atoms with E-state index in [9.17, 15) is 12.8 Å². The maximum Gasteiger partial charge on any atom is 0.215 e. The first-order valence-corrected chi connectivity index (χ1v) is 7.58. The highest BCUT2D eigenvalue weighted by Crippen LogP contribution is 2.10. The molecule has 0 atom stereocenters. The van der Waals surface area contributed by atoms with Gasteiger partial charge in [0.05, 0.1) is 18.6 Å². The smallest absolute Gasteiger partial charge is 0.215 e. The average molecular weight is 299 g/mol. The van der Waals surface area contributed by atoms with Gasteiger partial charge in [-0.1, -0.05) is 0 Å². The summed E-state index contributed by atoms with van der Waals surface area (Å²) in [6, 6.07) is 8.74. The summed E-state index contributed by atoms with van der Waals surface area (Å²) in [5.74, 6) is 0.399. The topological polar surface area (TPSA) is 68.5 Å². The highest BCUT2D eigenvalue weighted by atomic mass is 32.2. The van der Waals surface area contributed by atoms with Gasteiger partial charge in [0.1, 0.15) is 23.9 Å². The third kappa shape index (κ3) is 4.67. The minimum Gasteiger partial charge on any atom is -0.492 e. The lowest BCUT2D eigenvalue weighted by Crippen LogP contribution is -2.28. The van der Waals surface area contributed by atoms with E-state index in [-0.39, 0.29) is 24.7 Å². The molecule has 1 heterocycles. The zero-order chi connectivity index (χ0) is 14.4. The molecule has 0 aliphatic rings. The second-order valence-corrected chi connectivity index (χ2v) is 5.95. The Labute approximate surface area is 116 Å². The molecule has 108 valence electrons. The monoisotopic (exact) mass is 299 g/mol. The molecule has 1 N–H and O–H groups in total. The van der Waals surface area contributed by atoms with Crippen LogP contribution in [-0.2, 0) is 16.6 Å². The minimum atomic E-state index is -3.45. The highest BCUT2D eigenvalue weighted by Gasteiger charge is 2.11. The molecule has 2 rings (SSSR count). The van der Waals surface area contributed by atoms with Crippen molar-refractivity contribution in [3.05, 3.63) is 54.2 Å². The van der Waals surface area contributed by atoms with Gasteiger partial charge in [0, 0.05) is 0 Å². The summed E-state index contributed by atoms with van der Waals surface area (Å²) in [5, 5.41) is 0. The maximum absolute atomic E-state index is 12.7. The molecule has 0 spiro atoms. The van der Waals surface area contributed by atoms with Crippen molar-refractivity contribution in [2.24, 2.45) is 0 Å². The Bertz CT molecular complexity index is 623. The number of nitrogens with one attached hydrogen (secondary N) is 1. The summed E-state index contributed by atoms with van der Waals surface area (Å²) in [7, 11) is -3.45. The van der Waals surface area contributed by atoms with Crippen LogP contribution in [0.15, 0.2) is 47.1 Å². The van der Waals surface area contributed by atoms with Gasteiger partial charge in [-0.3, -0.25) is 0 Å². The fourth-order valence-electron chi connectivity index (χ4n) is 1.47. The SMILES string of the molecule is O=S(=O)(CCOc1ccc(F)cc1)NCc1ccco1. The van der Waals surface area contributed by atoms with Gasteiger partial charge in [0.25, 0.3) is 0 Å². The molecule has 1 aromatic carbocycles. The molecule has 0 unspecified atom stereocenters. The normalized spacial score (nSPS) is 11.4. The molecular weight excluding hydrogens is 285 g/mol. The van der Waals surface area contributed by atoms with Crippen LogP contribution in [0.1, 0.15) is 5.76 Å². The second kappa shape index (κ2) is 6.53. The van der Waals surface area contributed by atoms with Crippen LogP contribution in [0, 0.1) is 5.82 Å². The summed E-state index contributed by atoms with van der Waals surface area (Å²) >= 11 is 0. The van der Waals surface area contributed by atoms with E-state index >= 15 is 0 Å². The van der Waals surface area contributed by atoms with Crippen LogP contribution in [0.4, 0.5) is 4.39 Å². The van der Waals surface area contributed by atoms with Crippen molar-refractivity contribution >= 4 is 10.0 Å². The molecule has 0 radical (unpaired) electrons. The lowest BCUT2D eigenvalue weighted by Gasteiger charge is -2.07. The molecule has 0 saturated heterocycles. The van der Waals surface area contributed by atoms with Gasteiger partial charge in [-0.25, -0.2) is 17.5 Å². The first kappa shape index (κ1) is 14.5. The van der Waals surface area contributed by atoms with Crippen LogP contribution in [-0.4, -0.2) is 20.8 Å². The summed E-state index contributed by atoms with van der Waals surface area (Å²) in [6.07, 6.45) is 1.47. The Morgan fingerprint density at radius 2 is 1.95 bits per heavy atom. The zero-order valence-corrected chi connectivity index (χ0v) is 11.4. The summed E-state index contributed by atoms with van der Waals surface area (Å²) in [5.41, 5.74) is 0. The summed E-state index contributed by atoms with van der Waals surface area (Å²) in [6.45, 7) is 0.0883. The Morgan fingerprint density at radius 3 is 2.60 bits per heavy atom. The molecule has 0 bridgehead atoms. The fourth-order valence-corrected chi connectivity index (χ4v) is 2.28. The van der Waals surface area contributed by atoms with Crippen molar-refractivity contribution in [2.75, 3.05) is 12.4 Å². The predicted molar refractivity (Wildman–Crippen MR) is 71.2 cm³/mol. The van der Waals surface area contributed by atoms with Gasteiger partial charge < -0.3 is 9.15 Å². The molecule has 0 aliphatic heterocycles. The standard InChI is InChI=1S/C13H14FNO4S/c14-11-3-5-12(6-4-11)19-8-9-20(16,17)15-10-13-2-1-7-18-13/h1-7,15H,8-10H2. The molecule has 0 aliphatic carbocycles. The van der Waals surface area contributed by atoms with Crippen molar-refractivity contribution in [2.45, 2.75) is 6.54 Å². The van der Waals surface area contributed by atoms with Crippen LogP contribution < -0.4 is 9.46 Å². The first-order valence-electron chi connectivity index (χ1n) is 5.93. The number of rotatable bonds is 7. The Balaban J connectivity index is 1.76. The van der Waals surface area contributed by atoms with E-state index in [0.717, 1.165) is 0 Å². The molecule has 20 heavy (non-hydrogen) atoms. The molecule has 5 nitrogen and oxygen atoms in total. The highest BCUT2D eigenvalue weighted by molar-refractivity contribution is 7.89.